The molecule has 0 spiro atoms. The summed E-state index contributed by atoms with van der Waals surface area (Å²) in [4.78, 5) is 26.9. The maximum absolute atomic E-state index is 12.3. The van der Waals surface area contributed by atoms with Crippen molar-refractivity contribution in [2.75, 3.05) is 6.61 Å². The topological polar surface area (TPSA) is 109 Å². The molecule has 144 valence electrons. The van der Waals surface area contributed by atoms with E-state index in [2.05, 4.69) is 15.5 Å². The first-order valence-corrected chi connectivity index (χ1v) is 8.75. The van der Waals surface area contributed by atoms with Gasteiger partial charge in [0.05, 0.1) is 29.0 Å². The van der Waals surface area contributed by atoms with Crippen LogP contribution in [-0.4, -0.2) is 33.7 Å². The van der Waals surface area contributed by atoms with Gasteiger partial charge >= 0.3 is 0 Å². The van der Waals surface area contributed by atoms with Crippen LogP contribution in [0, 0.1) is 0 Å². The summed E-state index contributed by atoms with van der Waals surface area (Å²) in [6.45, 7) is 1.53. The number of hydrogen-bond acceptors (Lipinski definition) is 6. The van der Waals surface area contributed by atoms with Crippen LogP contribution in [0.5, 0.6) is 5.75 Å². The zero-order valence-corrected chi connectivity index (χ0v) is 15.3. The first-order chi connectivity index (χ1) is 13.6. The van der Waals surface area contributed by atoms with Gasteiger partial charge in [-0.25, -0.2) is 10.4 Å². The van der Waals surface area contributed by atoms with Crippen LogP contribution in [0.25, 0.3) is 11.0 Å². The molecule has 1 heterocycles. The lowest BCUT2D eigenvalue weighted by atomic mass is 10.1. The summed E-state index contributed by atoms with van der Waals surface area (Å²) < 4.78 is 6.81. The number of aliphatic carboxylic acids is 1. The van der Waals surface area contributed by atoms with E-state index >= 15 is 0 Å². The van der Waals surface area contributed by atoms with Gasteiger partial charge in [0.1, 0.15) is 18.9 Å². The number of para-hydroxylation sites is 2. The number of hydrogen-bond donors (Lipinski definition) is 1. The van der Waals surface area contributed by atoms with E-state index in [1.807, 2.05) is 31.2 Å². The minimum absolute atomic E-state index is 0.108. The lowest BCUT2D eigenvalue weighted by molar-refractivity contribution is -0.307. The normalized spacial score (nSPS) is 11.4. The molecule has 0 fully saturated rings. The maximum Gasteiger partial charge on any atom is 0.260 e. The molecule has 0 saturated heterocycles. The summed E-state index contributed by atoms with van der Waals surface area (Å²) in [5, 5.41) is 14.6. The lowest BCUT2D eigenvalue weighted by Gasteiger charge is -2.09. The lowest BCUT2D eigenvalue weighted by Crippen LogP contribution is -2.28. The Morgan fingerprint density at radius 3 is 2.64 bits per heavy atom. The van der Waals surface area contributed by atoms with E-state index in [-0.39, 0.29) is 12.5 Å². The highest BCUT2D eigenvalue weighted by Gasteiger charge is 2.08. The van der Waals surface area contributed by atoms with Crippen LogP contribution >= 0.6 is 0 Å². The quantitative estimate of drug-likeness (QED) is 0.466. The Kier molecular flexibility index (Phi) is 6.01. The number of nitrogens with zero attached hydrogens (tertiary/aromatic N) is 3. The highest BCUT2D eigenvalue weighted by Crippen LogP contribution is 2.14. The number of hydrazone groups is 1. The molecule has 1 aromatic heterocycles. The summed E-state index contributed by atoms with van der Waals surface area (Å²) in [6.07, 6.45) is 2.23. The molecule has 3 rings (SSSR count). The number of imidazole rings is 1. The number of ether oxygens (including phenoxy) is 1. The fourth-order valence-electron chi connectivity index (χ4n) is 2.69. The molecular formula is C20H19N4O4-. The average Bonchev–Trinajstić information content (AvgIpc) is 3.10. The predicted molar refractivity (Wildman–Crippen MR) is 102 cm³/mol. The number of fused-ring (bicyclic) bond motifs is 1. The Hall–Kier alpha value is -3.68. The van der Waals surface area contributed by atoms with Crippen molar-refractivity contribution in [1.82, 2.24) is 15.0 Å². The fraction of sp³-hybridized carbons (Fsp3) is 0.200. The number of carboxylic acids is 1. The maximum atomic E-state index is 12.3. The van der Waals surface area contributed by atoms with E-state index in [9.17, 15) is 14.7 Å². The molecule has 0 unspecified atom stereocenters. The Morgan fingerprint density at radius 2 is 1.93 bits per heavy atom. The van der Waals surface area contributed by atoms with Gasteiger partial charge in [0.15, 0.2) is 0 Å². The zero-order valence-electron chi connectivity index (χ0n) is 15.3. The van der Waals surface area contributed by atoms with Crippen molar-refractivity contribution in [2.24, 2.45) is 5.10 Å². The highest BCUT2D eigenvalue weighted by atomic mass is 16.5. The smallest absolute Gasteiger partial charge is 0.260 e. The number of nitrogens with one attached hydrogen (secondary N) is 1. The van der Waals surface area contributed by atoms with E-state index in [1.54, 1.807) is 35.2 Å². The molecule has 0 saturated carbocycles. The first kappa shape index (κ1) is 19.1. The van der Waals surface area contributed by atoms with E-state index in [1.165, 1.54) is 0 Å². The largest absolute Gasteiger partial charge is 0.546 e. The molecule has 0 aliphatic carbocycles. The molecule has 28 heavy (non-hydrogen) atoms. The number of amides is 1. The van der Waals surface area contributed by atoms with Crippen LogP contribution in [0.2, 0.25) is 0 Å². The molecule has 0 aliphatic rings. The van der Waals surface area contributed by atoms with Crippen LogP contribution in [-0.2, 0) is 16.1 Å². The van der Waals surface area contributed by atoms with Crippen LogP contribution in [0.15, 0.2) is 60.0 Å². The van der Waals surface area contributed by atoms with Gasteiger partial charge in [-0.15, -0.1) is 0 Å². The van der Waals surface area contributed by atoms with E-state index in [0.29, 0.717) is 17.9 Å². The van der Waals surface area contributed by atoms with Crippen LogP contribution < -0.4 is 15.3 Å². The van der Waals surface area contributed by atoms with Gasteiger partial charge in [0.25, 0.3) is 5.91 Å². The van der Waals surface area contributed by atoms with Gasteiger partial charge in [-0.3, -0.25) is 4.79 Å². The van der Waals surface area contributed by atoms with E-state index < -0.39 is 12.6 Å². The Balaban J connectivity index is 1.64. The van der Waals surface area contributed by atoms with Crippen molar-refractivity contribution < 1.29 is 19.4 Å². The third kappa shape index (κ3) is 4.73. The Morgan fingerprint density at radius 1 is 1.18 bits per heavy atom. The minimum atomic E-state index is -1.28. The second kappa shape index (κ2) is 8.81. The first-order valence-electron chi connectivity index (χ1n) is 8.75. The third-order valence-corrected chi connectivity index (χ3v) is 4.04. The molecule has 0 radical (unpaired) electrons. The van der Waals surface area contributed by atoms with Crippen molar-refractivity contribution in [3.63, 3.8) is 0 Å². The fourth-order valence-corrected chi connectivity index (χ4v) is 2.69. The van der Waals surface area contributed by atoms with E-state index in [0.717, 1.165) is 16.6 Å². The number of carbonyl (C=O) groups excluding carboxylic acids is 2. The molecule has 0 bridgehead atoms. The monoisotopic (exact) mass is 379 g/mol. The van der Waals surface area contributed by atoms with Gasteiger partial charge in [0.2, 0.25) is 0 Å². The number of rotatable bonds is 8. The van der Waals surface area contributed by atoms with E-state index in [4.69, 9.17) is 4.74 Å². The highest BCUT2D eigenvalue weighted by molar-refractivity contribution is 6.01. The molecule has 3 aromatic rings. The molecule has 0 atom stereocenters. The number of carboxylic acid groups (broad SMARTS) is 1. The summed E-state index contributed by atoms with van der Waals surface area (Å²) in [6, 6.07) is 14.4. The summed E-state index contributed by atoms with van der Waals surface area (Å²) in [5.41, 5.74) is 5.77. The number of benzene rings is 2. The van der Waals surface area contributed by atoms with Crippen molar-refractivity contribution in [3.05, 3.63) is 60.4 Å². The Labute approximate surface area is 161 Å². The van der Waals surface area contributed by atoms with Crippen LogP contribution in [0.1, 0.15) is 18.9 Å². The van der Waals surface area contributed by atoms with Crippen LogP contribution in [0.3, 0.4) is 0 Å². The molecule has 1 amide bonds. The van der Waals surface area contributed by atoms with Crippen molar-refractivity contribution in [2.45, 2.75) is 19.9 Å². The molecule has 8 nitrogen and oxygen atoms in total. The standard InChI is InChI=1S/C20H20N4O4/c1-2-16(14-7-9-15(10-8-14)28-12-20(26)27)22-23-19(25)11-24-13-21-17-5-3-4-6-18(17)24/h3-10,13H,2,11-12H2,1H3,(H,23,25)(H,26,27)/p-1/b22-16-. The number of aromatic nitrogens is 2. The van der Waals surface area contributed by atoms with Crippen LogP contribution in [0.4, 0.5) is 0 Å². The Bertz CT molecular complexity index is 1010. The van der Waals surface area contributed by atoms with Crippen molar-refractivity contribution >= 4 is 28.6 Å². The molecule has 0 aliphatic heterocycles. The van der Waals surface area contributed by atoms with Gasteiger partial charge in [-0.05, 0) is 48.4 Å². The minimum Gasteiger partial charge on any atom is -0.546 e. The molecular weight excluding hydrogens is 360 g/mol. The van der Waals surface area contributed by atoms with Gasteiger partial charge in [-0.2, -0.15) is 5.10 Å². The second-order valence-corrected chi connectivity index (χ2v) is 5.99. The average molecular weight is 379 g/mol. The second-order valence-electron chi connectivity index (χ2n) is 5.99. The zero-order chi connectivity index (χ0) is 19.9. The van der Waals surface area contributed by atoms with Gasteiger partial charge in [0, 0.05) is 0 Å². The van der Waals surface area contributed by atoms with Gasteiger partial charge in [-0.1, -0.05) is 19.1 Å². The van der Waals surface area contributed by atoms with Crippen molar-refractivity contribution in [1.29, 1.82) is 0 Å². The predicted octanol–water partition coefficient (Wildman–Crippen LogP) is 1.10. The van der Waals surface area contributed by atoms with Gasteiger partial charge < -0.3 is 19.2 Å². The molecule has 1 N–H and O–H groups in total. The summed E-state index contributed by atoms with van der Waals surface area (Å²) in [5.74, 6) is -1.13. The third-order valence-electron chi connectivity index (χ3n) is 4.04. The summed E-state index contributed by atoms with van der Waals surface area (Å²) in [7, 11) is 0. The number of carbonyl (C=O) groups is 2. The molecule has 8 heteroatoms. The summed E-state index contributed by atoms with van der Waals surface area (Å²) >= 11 is 0. The van der Waals surface area contributed by atoms with Crippen molar-refractivity contribution in [3.8, 4) is 5.75 Å². The SMILES string of the molecule is CC/C(=N/NC(=O)Cn1cnc2ccccc21)c1ccc(OCC(=O)[O-])cc1. The molecule has 2 aromatic carbocycles.